The number of piperazine rings is 1. The van der Waals surface area contributed by atoms with Crippen LogP contribution in [0, 0.1) is 0 Å². The summed E-state index contributed by atoms with van der Waals surface area (Å²) in [6, 6.07) is 12.6. The van der Waals surface area contributed by atoms with Crippen LogP contribution in [0.15, 0.2) is 48.8 Å². The van der Waals surface area contributed by atoms with E-state index in [1.807, 2.05) is 18.5 Å². The standard InChI is InChI=1S/C19H27N5/c1-17(18-6-3-2-4-7-18)16-20-10-11-23-12-14-24(15-13-23)19-21-8-5-9-22-19/h2-9,17,20H,10-16H2,1H3. The molecule has 0 spiro atoms. The molecule has 0 radical (unpaired) electrons. The highest BCUT2D eigenvalue weighted by Gasteiger charge is 2.18. The molecule has 1 unspecified atom stereocenters. The van der Waals surface area contributed by atoms with Gasteiger partial charge in [0.1, 0.15) is 0 Å². The van der Waals surface area contributed by atoms with E-state index in [1.54, 1.807) is 0 Å². The molecule has 2 heterocycles. The fourth-order valence-electron chi connectivity index (χ4n) is 3.08. The van der Waals surface area contributed by atoms with Gasteiger partial charge in [-0.3, -0.25) is 4.90 Å². The number of rotatable bonds is 7. The predicted molar refractivity (Wildman–Crippen MR) is 98.4 cm³/mol. The molecule has 5 nitrogen and oxygen atoms in total. The van der Waals surface area contributed by atoms with Gasteiger partial charge in [0.05, 0.1) is 0 Å². The summed E-state index contributed by atoms with van der Waals surface area (Å²) in [5, 5.41) is 3.59. The lowest BCUT2D eigenvalue weighted by Gasteiger charge is -2.34. The minimum Gasteiger partial charge on any atom is -0.338 e. The van der Waals surface area contributed by atoms with Crippen molar-refractivity contribution in [2.75, 3.05) is 50.7 Å². The molecule has 0 aliphatic carbocycles. The summed E-state index contributed by atoms with van der Waals surface area (Å²) in [4.78, 5) is 13.4. The van der Waals surface area contributed by atoms with E-state index in [0.29, 0.717) is 5.92 Å². The van der Waals surface area contributed by atoms with Crippen molar-refractivity contribution in [1.29, 1.82) is 0 Å². The fourth-order valence-corrected chi connectivity index (χ4v) is 3.08. The summed E-state index contributed by atoms with van der Waals surface area (Å²) < 4.78 is 0. The summed E-state index contributed by atoms with van der Waals surface area (Å²) in [6.45, 7) is 9.62. The predicted octanol–water partition coefficient (Wildman–Crippen LogP) is 1.99. The van der Waals surface area contributed by atoms with Crippen LogP contribution in [-0.4, -0.2) is 60.7 Å². The third-order valence-electron chi connectivity index (χ3n) is 4.63. The lowest BCUT2D eigenvalue weighted by atomic mass is 10.0. The molecule has 1 atom stereocenters. The average molecular weight is 325 g/mol. The van der Waals surface area contributed by atoms with Crippen LogP contribution < -0.4 is 10.2 Å². The molecule has 1 N–H and O–H groups in total. The second-order valence-corrected chi connectivity index (χ2v) is 6.39. The van der Waals surface area contributed by atoms with Crippen LogP contribution in [0.3, 0.4) is 0 Å². The van der Waals surface area contributed by atoms with E-state index >= 15 is 0 Å². The highest BCUT2D eigenvalue weighted by atomic mass is 15.3. The summed E-state index contributed by atoms with van der Waals surface area (Å²) in [7, 11) is 0. The normalized spacial score (nSPS) is 17.0. The van der Waals surface area contributed by atoms with Crippen LogP contribution in [-0.2, 0) is 0 Å². The van der Waals surface area contributed by atoms with E-state index < -0.39 is 0 Å². The van der Waals surface area contributed by atoms with Gasteiger partial charge in [-0.05, 0) is 17.5 Å². The summed E-state index contributed by atoms with van der Waals surface area (Å²) >= 11 is 0. The molecule has 1 aromatic carbocycles. The van der Waals surface area contributed by atoms with E-state index in [2.05, 4.69) is 62.3 Å². The van der Waals surface area contributed by atoms with Gasteiger partial charge in [-0.15, -0.1) is 0 Å². The molecule has 1 aliphatic rings. The molecule has 0 amide bonds. The highest BCUT2D eigenvalue weighted by Crippen LogP contribution is 2.13. The quantitative estimate of drug-likeness (QED) is 0.789. The molecule has 1 aliphatic heterocycles. The highest BCUT2D eigenvalue weighted by molar-refractivity contribution is 5.29. The smallest absolute Gasteiger partial charge is 0.225 e. The zero-order valence-corrected chi connectivity index (χ0v) is 14.4. The molecular formula is C19H27N5. The number of hydrogen-bond acceptors (Lipinski definition) is 5. The summed E-state index contributed by atoms with van der Waals surface area (Å²) in [5.74, 6) is 1.41. The molecule has 1 fully saturated rings. The van der Waals surface area contributed by atoms with Crippen molar-refractivity contribution >= 4 is 5.95 Å². The Hall–Kier alpha value is -1.98. The molecule has 1 aromatic heterocycles. The van der Waals surface area contributed by atoms with Gasteiger partial charge in [0.15, 0.2) is 0 Å². The Morgan fingerprint density at radius 1 is 1.00 bits per heavy atom. The zero-order valence-electron chi connectivity index (χ0n) is 14.4. The van der Waals surface area contributed by atoms with Crippen molar-refractivity contribution in [1.82, 2.24) is 20.2 Å². The maximum Gasteiger partial charge on any atom is 0.225 e. The first-order chi connectivity index (χ1) is 11.8. The summed E-state index contributed by atoms with van der Waals surface area (Å²) in [6.07, 6.45) is 3.62. The number of aromatic nitrogens is 2. The minimum atomic E-state index is 0.554. The third-order valence-corrected chi connectivity index (χ3v) is 4.63. The first kappa shape index (κ1) is 16.9. The zero-order chi connectivity index (χ0) is 16.6. The molecule has 0 bridgehead atoms. The van der Waals surface area contributed by atoms with Crippen LogP contribution >= 0.6 is 0 Å². The van der Waals surface area contributed by atoms with Gasteiger partial charge in [0, 0.05) is 58.2 Å². The van der Waals surface area contributed by atoms with Crippen LogP contribution in [0.2, 0.25) is 0 Å². The molecule has 5 heteroatoms. The van der Waals surface area contributed by atoms with Gasteiger partial charge in [-0.2, -0.15) is 0 Å². The number of anilines is 1. The van der Waals surface area contributed by atoms with E-state index in [4.69, 9.17) is 0 Å². The lowest BCUT2D eigenvalue weighted by Crippen LogP contribution is -2.48. The number of benzene rings is 1. The average Bonchev–Trinajstić information content (AvgIpc) is 2.67. The maximum atomic E-state index is 4.34. The fraction of sp³-hybridized carbons (Fsp3) is 0.474. The van der Waals surface area contributed by atoms with Crippen LogP contribution in [0.4, 0.5) is 5.95 Å². The van der Waals surface area contributed by atoms with Crippen molar-refractivity contribution in [3.63, 3.8) is 0 Å². The Bertz CT molecular complexity index is 581. The van der Waals surface area contributed by atoms with E-state index in [1.165, 1.54) is 5.56 Å². The van der Waals surface area contributed by atoms with E-state index in [0.717, 1.165) is 51.8 Å². The van der Waals surface area contributed by atoms with Crippen molar-refractivity contribution in [2.45, 2.75) is 12.8 Å². The Morgan fingerprint density at radius 3 is 2.42 bits per heavy atom. The van der Waals surface area contributed by atoms with E-state index in [9.17, 15) is 0 Å². The van der Waals surface area contributed by atoms with Crippen LogP contribution in [0.25, 0.3) is 0 Å². The van der Waals surface area contributed by atoms with E-state index in [-0.39, 0.29) is 0 Å². The Labute approximate surface area is 144 Å². The van der Waals surface area contributed by atoms with Gasteiger partial charge >= 0.3 is 0 Å². The Morgan fingerprint density at radius 2 is 1.71 bits per heavy atom. The SMILES string of the molecule is CC(CNCCN1CCN(c2ncccn2)CC1)c1ccccc1. The third kappa shape index (κ3) is 4.76. The molecule has 3 rings (SSSR count). The van der Waals surface area contributed by atoms with Gasteiger partial charge in [0.25, 0.3) is 0 Å². The molecular weight excluding hydrogens is 298 g/mol. The molecule has 24 heavy (non-hydrogen) atoms. The molecule has 0 saturated carbocycles. The Balaban J connectivity index is 1.32. The van der Waals surface area contributed by atoms with Crippen LogP contribution in [0.1, 0.15) is 18.4 Å². The number of hydrogen-bond donors (Lipinski definition) is 1. The monoisotopic (exact) mass is 325 g/mol. The lowest BCUT2D eigenvalue weighted by molar-refractivity contribution is 0.256. The maximum absolute atomic E-state index is 4.34. The van der Waals surface area contributed by atoms with Crippen molar-refractivity contribution in [3.8, 4) is 0 Å². The van der Waals surface area contributed by atoms with Crippen LogP contribution in [0.5, 0.6) is 0 Å². The van der Waals surface area contributed by atoms with Gasteiger partial charge in [-0.25, -0.2) is 9.97 Å². The molecule has 2 aromatic rings. The second kappa shape index (κ2) is 8.76. The topological polar surface area (TPSA) is 44.3 Å². The number of nitrogens with one attached hydrogen (secondary N) is 1. The van der Waals surface area contributed by atoms with Crippen molar-refractivity contribution in [3.05, 3.63) is 54.4 Å². The largest absolute Gasteiger partial charge is 0.338 e. The minimum absolute atomic E-state index is 0.554. The second-order valence-electron chi connectivity index (χ2n) is 6.39. The number of nitrogens with zero attached hydrogens (tertiary/aromatic N) is 4. The molecule has 1 saturated heterocycles. The summed E-state index contributed by atoms with van der Waals surface area (Å²) in [5.41, 5.74) is 1.40. The van der Waals surface area contributed by atoms with Gasteiger partial charge < -0.3 is 10.2 Å². The van der Waals surface area contributed by atoms with Gasteiger partial charge in [0.2, 0.25) is 5.95 Å². The van der Waals surface area contributed by atoms with Crippen molar-refractivity contribution < 1.29 is 0 Å². The molecule has 128 valence electrons. The first-order valence-electron chi connectivity index (χ1n) is 8.83. The Kier molecular flexibility index (Phi) is 6.15. The van der Waals surface area contributed by atoms with Gasteiger partial charge in [-0.1, -0.05) is 37.3 Å². The van der Waals surface area contributed by atoms with Crippen molar-refractivity contribution in [2.24, 2.45) is 0 Å². The first-order valence-corrected chi connectivity index (χ1v) is 8.83.